The minimum Gasteiger partial charge on any atom is -0.386 e. The van der Waals surface area contributed by atoms with Crippen LogP contribution in [0, 0.1) is 29.3 Å². The van der Waals surface area contributed by atoms with Gasteiger partial charge in [-0.25, -0.2) is 26.6 Å². The molecule has 2 fully saturated rings. The van der Waals surface area contributed by atoms with Crippen LogP contribution in [-0.2, 0) is 9.84 Å². The van der Waals surface area contributed by atoms with E-state index in [0.29, 0.717) is 12.8 Å². The standard InChI is InChI=1S/C27H23BrClF3N2O5S/c28-25-23(32)18(7-8-33-25)24(35)27(37)14-2-3-15(27)11-17(10-14)40(38,39)22-9-13(1-5-19(22)29)26(36)34-16-4-6-20(30)21(31)12-16/h1,4-9,12,14-15,17,24,35,37H,2-3,10-11H2,(H,34,36)/t14?,15?,17-,24?,27-. The van der Waals surface area contributed by atoms with Gasteiger partial charge in [-0.15, -0.1) is 0 Å². The Morgan fingerprint density at radius 3 is 2.40 bits per heavy atom. The van der Waals surface area contributed by atoms with Gasteiger partial charge in [0.05, 0.1) is 15.2 Å². The number of halogens is 5. The largest absolute Gasteiger partial charge is 0.386 e. The molecule has 7 nitrogen and oxygen atoms in total. The van der Waals surface area contributed by atoms with Crippen molar-refractivity contribution >= 4 is 49.0 Å². The van der Waals surface area contributed by atoms with Crippen molar-refractivity contribution < 1.29 is 36.6 Å². The summed E-state index contributed by atoms with van der Waals surface area (Å²) in [5.74, 6) is -5.10. The topological polar surface area (TPSA) is 117 Å². The lowest BCUT2D eigenvalue weighted by atomic mass is 9.69. The maximum absolute atomic E-state index is 14.7. The first-order valence-corrected chi connectivity index (χ1v) is 15.1. The lowest BCUT2D eigenvalue weighted by molar-refractivity contribution is -0.145. The maximum atomic E-state index is 14.7. The first-order valence-electron chi connectivity index (χ1n) is 12.3. The quantitative estimate of drug-likeness (QED) is 0.297. The average Bonchev–Trinajstić information content (AvgIpc) is 3.07. The normalized spacial score (nSPS) is 25.0. The molecule has 0 spiro atoms. The number of amides is 1. The number of aromatic nitrogens is 1. The van der Waals surface area contributed by atoms with E-state index >= 15 is 0 Å². The van der Waals surface area contributed by atoms with Crippen molar-refractivity contribution in [1.82, 2.24) is 4.98 Å². The van der Waals surface area contributed by atoms with Crippen LogP contribution in [0.3, 0.4) is 0 Å². The van der Waals surface area contributed by atoms with Gasteiger partial charge in [-0.05, 0) is 89.8 Å². The molecule has 3 unspecified atom stereocenters. The SMILES string of the molecule is O=C(Nc1ccc(F)c(F)c1)c1ccc(Cl)c(S(=O)(=O)[C@H]2CC3CCC(C2)[C@]3(O)C(O)c2ccnc(Br)c2F)c1. The molecule has 2 bridgehead atoms. The molecule has 0 radical (unpaired) electrons. The molecule has 0 aliphatic heterocycles. The van der Waals surface area contributed by atoms with Crippen molar-refractivity contribution in [3.63, 3.8) is 0 Å². The predicted octanol–water partition coefficient (Wildman–Crippen LogP) is 5.59. The molecule has 2 aromatic carbocycles. The van der Waals surface area contributed by atoms with Crippen LogP contribution in [0.2, 0.25) is 5.02 Å². The number of hydrogen-bond acceptors (Lipinski definition) is 6. The maximum Gasteiger partial charge on any atom is 0.255 e. The zero-order valence-electron chi connectivity index (χ0n) is 20.6. The van der Waals surface area contributed by atoms with Gasteiger partial charge in [0.1, 0.15) is 16.3 Å². The van der Waals surface area contributed by atoms with Gasteiger partial charge in [0, 0.05) is 29.1 Å². The first kappa shape index (κ1) is 29.0. The molecule has 0 saturated heterocycles. The van der Waals surface area contributed by atoms with Crippen LogP contribution in [0.1, 0.15) is 47.7 Å². The van der Waals surface area contributed by atoms with Crippen LogP contribution in [0.5, 0.6) is 0 Å². The minimum absolute atomic E-state index is 0.0120. The van der Waals surface area contributed by atoms with E-state index < -0.39 is 62.0 Å². The van der Waals surface area contributed by atoms with E-state index in [1.807, 2.05) is 0 Å². The number of carbonyl (C=O) groups is 1. The summed E-state index contributed by atoms with van der Waals surface area (Å²) in [5.41, 5.74) is -1.98. The van der Waals surface area contributed by atoms with Gasteiger partial charge in [0.15, 0.2) is 27.3 Å². The Kier molecular flexibility index (Phi) is 7.77. The van der Waals surface area contributed by atoms with Crippen LogP contribution < -0.4 is 5.32 Å². The van der Waals surface area contributed by atoms with E-state index in [1.165, 1.54) is 24.4 Å². The smallest absolute Gasteiger partial charge is 0.255 e. The highest BCUT2D eigenvalue weighted by Gasteiger charge is 2.59. The summed E-state index contributed by atoms with van der Waals surface area (Å²) in [6, 6.07) is 7.77. The molecule has 5 rings (SSSR count). The lowest BCUT2D eigenvalue weighted by Gasteiger charge is -2.45. The summed E-state index contributed by atoms with van der Waals surface area (Å²) in [6.45, 7) is 0. The summed E-state index contributed by atoms with van der Waals surface area (Å²) in [5, 5.41) is 24.0. The van der Waals surface area contributed by atoms with E-state index in [4.69, 9.17) is 11.6 Å². The van der Waals surface area contributed by atoms with Crippen LogP contribution in [0.4, 0.5) is 18.9 Å². The Balaban J connectivity index is 1.40. The summed E-state index contributed by atoms with van der Waals surface area (Å²) in [4.78, 5) is 16.3. The monoisotopic (exact) mass is 658 g/mol. The number of nitrogens with zero attached hydrogens (tertiary/aromatic N) is 1. The van der Waals surface area contributed by atoms with Crippen molar-refractivity contribution in [2.24, 2.45) is 11.8 Å². The molecule has 1 amide bonds. The van der Waals surface area contributed by atoms with Crippen LogP contribution in [0.25, 0.3) is 0 Å². The van der Waals surface area contributed by atoms with Crippen molar-refractivity contribution in [2.45, 2.75) is 47.5 Å². The number of sulfone groups is 1. The Hall–Kier alpha value is -2.51. The summed E-state index contributed by atoms with van der Waals surface area (Å²) in [7, 11) is -4.12. The summed E-state index contributed by atoms with van der Waals surface area (Å²) >= 11 is 9.25. The van der Waals surface area contributed by atoms with Gasteiger partial charge >= 0.3 is 0 Å². The predicted molar refractivity (Wildman–Crippen MR) is 144 cm³/mol. The molecule has 2 saturated carbocycles. The number of nitrogens with one attached hydrogen (secondary N) is 1. The van der Waals surface area contributed by atoms with Crippen molar-refractivity contribution in [3.8, 4) is 0 Å². The molecular formula is C27H23BrClF3N2O5S. The number of fused-ring (bicyclic) bond motifs is 2. The molecule has 13 heteroatoms. The molecule has 40 heavy (non-hydrogen) atoms. The summed E-state index contributed by atoms with van der Waals surface area (Å²) in [6.07, 6.45) is 0.541. The first-order chi connectivity index (χ1) is 18.8. The van der Waals surface area contributed by atoms with Gasteiger partial charge in [-0.2, -0.15) is 0 Å². The van der Waals surface area contributed by atoms with Gasteiger partial charge < -0.3 is 15.5 Å². The molecule has 212 valence electrons. The molecule has 2 aliphatic carbocycles. The number of hydrogen-bond donors (Lipinski definition) is 3. The molecule has 2 aliphatic rings. The second-order valence-electron chi connectivity index (χ2n) is 10.1. The number of carbonyl (C=O) groups excluding carboxylic acids is 1. The number of aliphatic hydroxyl groups excluding tert-OH is 1. The summed E-state index contributed by atoms with van der Waals surface area (Å²) < 4.78 is 68.9. The molecule has 1 heterocycles. The number of rotatable bonds is 6. The van der Waals surface area contributed by atoms with E-state index in [1.54, 1.807) is 0 Å². The Bertz CT molecular complexity index is 1590. The molecule has 3 N–H and O–H groups in total. The number of anilines is 1. The fourth-order valence-corrected chi connectivity index (χ4v) is 8.70. The van der Waals surface area contributed by atoms with Gasteiger partial charge in [-0.1, -0.05) is 11.6 Å². The molecule has 3 aromatic rings. The van der Waals surface area contributed by atoms with E-state index in [0.717, 1.165) is 24.3 Å². The number of aliphatic hydroxyl groups is 2. The minimum atomic E-state index is -4.12. The van der Waals surface area contributed by atoms with Crippen molar-refractivity contribution in [1.29, 1.82) is 0 Å². The molecule has 1 aromatic heterocycles. The molecule has 3 atom stereocenters. The van der Waals surface area contributed by atoms with Gasteiger partial charge in [0.25, 0.3) is 5.91 Å². The van der Waals surface area contributed by atoms with Crippen LogP contribution in [-0.4, -0.2) is 40.4 Å². The highest BCUT2D eigenvalue weighted by atomic mass is 79.9. The number of pyridine rings is 1. The highest BCUT2D eigenvalue weighted by Crippen LogP contribution is 2.57. The number of benzene rings is 2. The van der Waals surface area contributed by atoms with Crippen molar-refractivity contribution in [2.75, 3.05) is 5.32 Å². The third-order valence-corrected chi connectivity index (χ3v) is 11.2. The lowest BCUT2D eigenvalue weighted by Crippen LogP contribution is -2.52. The highest BCUT2D eigenvalue weighted by molar-refractivity contribution is 9.10. The van der Waals surface area contributed by atoms with Gasteiger partial charge in [0.2, 0.25) is 0 Å². The van der Waals surface area contributed by atoms with E-state index in [-0.39, 0.29) is 44.2 Å². The van der Waals surface area contributed by atoms with Crippen LogP contribution >= 0.6 is 27.5 Å². The second kappa shape index (κ2) is 10.7. The third kappa shape index (κ3) is 4.94. The van der Waals surface area contributed by atoms with E-state index in [2.05, 4.69) is 26.2 Å². The average molecular weight is 660 g/mol. The molecular weight excluding hydrogens is 637 g/mol. The fraction of sp³-hybridized carbons (Fsp3) is 0.333. The fourth-order valence-electron chi connectivity index (χ4n) is 5.95. The van der Waals surface area contributed by atoms with Crippen LogP contribution in [0.15, 0.2) is 58.2 Å². The Morgan fingerprint density at radius 2 is 1.75 bits per heavy atom. The zero-order chi connectivity index (χ0) is 29.0. The van der Waals surface area contributed by atoms with Crippen molar-refractivity contribution in [3.05, 3.63) is 86.9 Å². The second-order valence-corrected chi connectivity index (χ2v) is 13.5. The Morgan fingerprint density at radius 1 is 1.07 bits per heavy atom. The third-order valence-electron chi connectivity index (χ3n) is 7.99. The van der Waals surface area contributed by atoms with E-state index in [9.17, 15) is 36.6 Å². The Labute approximate surface area is 241 Å². The zero-order valence-corrected chi connectivity index (χ0v) is 23.8. The van der Waals surface area contributed by atoms with Gasteiger partial charge in [-0.3, -0.25) is 4.79 Å².